The molecule has 0 aliphatic rings. The lowest BCUT2D eigenvalue weighted by molar-refractivity contribution is -0.137. The topological polar surface area (TPSA) is 88.4 Å². The molecule has 1 unspecified atom stereocenters. The molecule has 0 saturated carbocycles. The van der Waals surface area contributed by atoms with E-state index in [4.69, 9.17) is 5.11 Å². The molecule has 1 aromatic rings. The zero-order chi connectivity index (χ0) is 13.7. The summed E-state index contributed by atoms with van der Waals surface area (Å²) in [5, 5.41) is 11.1. The summed E-state index contributed by atoms with van der Waals surface area (Å²) >= 11 is 0. The number of carbonyl (C=O) groups is 2. The van der Waals surface area contributed by atoms with Gasteiger partial charge in [-0.05, 0) is 25.5 Å². The van der Waals surface area contributed by atoms with Crippen LogP contribution in [0.1, 0.15) is 30.1 Å². The predicted molar refractivity (Wildman–Crippen MR) is 65.5 cm³/mol. The fourth-order valence-electron chi connectivity index (χ4n) is 1.48. The van der Waals surface area contributed by atoms with Crippen molar-refractivity contribution in [3.05, 3.63) is 34.2 Å². The van der Waals surface area contributed by atoms with Crippen LogP contribution < -0.4 is 10.9 Å². The fourth-order valence-corrected chi connectivity index (χ4v) is 1.48. The van der Waals surface area contributed by atoms with E-state index in [-0.39, 0.29) is 23.6 Å². The summed E-state index contributed by atoms with van der Waals surface area (Å²) < 4.78 is 1.32. The zero-order valence-corrected chi connectivity index (χ0v) is 10.3. The highest BCUT2D eigenvalue weighted by Crippen LogP contribution is 1.98. The van der Waals surface area contributed by atoms with Gasteiger partial charge in [0.25, 0.3) is 11.5 Å². The average molecular weight is 252 g/mol. The lowest BCUT2D eigenvalue weighted by atomic mass is 10.1. The molecule has 1 atom stereocenters. The van der Waals surface area contributed by atoms with Crippen LogP contribution in [-0.4, -0.2) is 27.6 Å². The van der Waals surface area contributed by atoms with Gasteiger partial charge in [-0.3, -0.25) is 14.4 Å². The fraction of sp³-hybridized carbons (Fsp3) is 0.417. The lowest BCUT2D eigenvalue weighted by Gasteiger charge is -2.12. The van der Waals surface area contributed by atoms with E-state index in [0.29, 0.717) is 6.42 Å². The Bertz CT molecular complexity index is 507. The second kappa shape index (κ2) is 6.00. The number of hydrogen-bond acceptors (Lipinski definition) is 3. The monoisotopic (exact) mass is 252 g/mol. The summed E-state index contributed by atoms with van der Waals surface area (Å²) in [7, 11) is 1.56. The number of aliphatic carboxylic acids is 1. The molecule has 1 aromatic heterocycles. The van der Waals surface area contributed by atoms with E-state index in [9.17, 15) is 14.4 Å². The molecule has 2 N–H and O–H groups in total. The largest absolute Gasteiger partial charge is 0.481 e. The highest BCUT2D eigenvalue weighted by atomic mass is 16.4. The molecule has 0 aliphatic carbocycles. The summed E-state index contributed by atoms with van der Waals surface area (Å²) in [4.78, 5) is 33.9. The van der Waals surface area contributed by atoms with Crippen molar-refractivity contribution in [3.63, 3.8) is 0 Å². The highest BCUT2D eigenvalue weighted by Gasteiger charge is 2.14. The average Bonchev–Trinajstić information content (AvgIpc) is 2.30. The van der Waals surface area contributed by atoms with Crippen LogP contribution in [0.15, 0.2) is 23.1 Å². The third-order valence-electron chi connectivity index (χ3n) is 2.54. The van der Waals surface area contributed by atoms with Gasteiger partial charge in [0.1, 0.15) is 5.56 Å². The second-order valence-corrected chi connectivity index (χ2v) is 4.14. The molecule has 0 saturated heterocycles. The molecule has 0 fully saturated rings. The molecule has 18 heavy (non-hydrogen) atoms. The van der Waals surface area contributed by atoms with Gasteiger partial charge >= 0.3 is 5.97 Å². The second-order valence-electron chi connectivity index (χ2n) is 4.14. The molecule has 0 aromatic carbocycles. The van der Waals surface area contributed by atoms with Gasteiger partial charge in [0.05, 0.1) is 0 Å². The molecule has 1 rings (SSSR count). The van der Waals surface area contributed by atoms with E-state index in [1.54, 1.807) is 26.2 Å². The Hall–Kier alpha value is -2.11. The SMILES string of the molecule is CC(CCC(=O)O)NC(=O)c1cccn(C)c1=O. The number of rotatable bonds is 5. The number of carboxylic acids is 1. The van der Waals surface area contributed by atoms with Crippen molar-refractivity contribution >= 4 is 11.9 Å². The van der Waals surface area contributed by atoms with Gasteiger partial charge in [-0.15, -0.1) is 0 Å². The first-order valence-electron chi connectivity index (χ1n) is 5.60. The van der Waals surface area contributed by atoms with Gasteiger partial charge < -0.3 is 15.0 Å². The molecule has 98 valence electrons. The Morgan fingerprint density at radius 2 is 2.17 bits per heavy atom. The van der Waals surface area contributed by atoms with E-state index in [1.807, 2.05) is 0 Å². The Balaban J connectivity index is 2.68. The molecule has 6 heteroatoms. The van der Waals surface area contributed by atoms with Crippen LogP contribution in [0, 0.1) is 0 Å². The number of nitrogens with one attached hydrogen (secondary N) is 1. The minimum Gasteiger partial charge on any atom is -0.481 e. The normalized spacial score (nSPS) is 11.9. The van der Waals surface area contributed by atoms with Gasteiger partial charge in [-0.2, -0.15) is 0 Å². The van der Waals surface area contributed by atoms with Gasteiger partial charge in [-0.1, -0.05) is 0 Å². The Morgan fingerprint density at radius 1 is 1.50 bits per heavy atom. The quantitative estimate of drug-likeness (QED) is 0.792. The zero-order valence-electron chi connectivity index (χ0n) is 10.3. The molecule has 6 nitrogen and oxygen atoms in total. The standard InChI is InChI=1S/C12H16N2O4/c1-8(5-6-10(15)16)13-11(17)9-4-3-7-14(2)12(9)18/h3-4,7-8H,5-6H2,1-2H3,(H,13,17)(H,15,16). The number of amides is 1. The molecule has 1 amide bonds. The van der Waals surface area contributed by atoms with Crippen LogP contribution in [0.3, 0.4) is 0 Å². The van der Waals surface area contributed by atoms with Crippen LogP contribution in [-0.2, 0) is 11.8 Å². The summed E-state index contributed by atoms with van der Waals surface area (Å²) in [5.41, 5.74) is -0.317. The summed E-state index contributed by atoms with van der Waals surface area (Å²) in [6, 6.07) is 2.76. The highest BCUT2D eigenvalue weighted by molar-refractivity contribution is 5.93. The number of nitrogens with zero attached hydrogens (tertiary/aromatic N) is 1. The Kier molecular flexibility index (Phi) is 4.65. The van der Waals surface area contributed by atoms with Crippen molar-refractivity contribution in [2.75, 3.05) is 0 Å². The number of aryl methyl sites for hydroxylation is 1. The Morgan fingerprint density at radius 3 is 2.78 bits per heavy atom. The van der Waals surface area contributed by atoms with Gasteiger partial charge in [0, 0.05) is 25.7 Å². The van der Waals surface area contributed by atoms with Gasteiger partial charge in [-0.25, -0.2) is 0 Å². The van der Waals surface area contributed by atoms with Crippen molar-refractivity contribution in [2.45, 2.75) is 25.8 Å². The lowest BCUT2D eigenvalue weighted by Crippen LogP contribution is -2.37. The van der Waals surface area contributed by atoms with Crippen LogP contribution in [0.5, 0.6) is 0 Å². The third-order valence-corrected chi connectivity index (χ3v) is 2.54. The van der Waals surface area contributed by atoms with Crippen molar-refractivity contribution in [3.8, 4) is 0 Å². The molecular weight excluding hydrogens is 236 g/mol. The molecule has 0 spiro atoms. The third kappa shape index (κ3) is 3.73. The van der Waals surface area contributed by atoms with E-state index >= 15 is 0 Å². The molecule has 1 heterocycles. The summed E-state index contributed by atoms with van der Waals surface area (Å²) in [6.45, 7) is 1.70. The van der Waals surface area contributed by atoms with E-state index < -0.39 is 11.9 Å². The number of aromatic nitrogens is 1. The summed E-state index contributed by atoms with van der Waals surface area (Å²) in [6.07, 6.45) is 1.87. The number of hydrogen-bond donors (Lipinski definition) is 2. The van der Waals surface area contributed by atoms with Gasteiger partial charge in [0.15, 0.2) is 0 Å². The maximum atomic E-state index is 11.8. The van der Waals surface area contributed by atoms with Crippen molar-refractivity contribution in [1.82, 2.24) is 9.88 Å². The van der Waals surface area contributed by atoms with Crippen LogP contribution in [0.2, 0.25) is 0 Å². The van der Waals surface area contributed by atoms with Crippen LogP contribution in [0.4, 0.5) is 0 Å². The van der Waals surface area contributed by atoms with E-state index in [2.05, 4.69) is 5.32 Å². The molecule has 0 radical (unpaired) electrons. The molecular formula is C12H16N2O4. The molecule has 0 bridgehead atoms. The summed E-state index contributed by atoms with van der Waals surface area (Å²) in [5.74, 6) is -1.39. The minimum absolute atomic E-state index is 0.0196. The van der Waals surface area contributed by atoms with Crippen molar-refractivity contribution in [2.24, 2.45) is 7.05 Å². The predicted octanol–water partition coefficient (Wildman–Crippen LogP) is 0.368. The first kappa shape index (κ1) is 14.0. The maximum Gasteiger partial charge on any atom is 0.303 e. The Labute approximate surface area is 104 Å². The molecule has 0 aliphatic heterocycles. The smallest absolute Gasteiger partial charge is 0.303 e. The van der Waals surface area contributed by atoms with Crippen LogP contribution >= 0.6 is 0 Å². The first-order valence-corrected chi connectivity index (χ1v) is 5.60. The van der Waals surface area contributed by atoms with Crippen molar-refractivity contribution < 1.29 is 14.7 Å². The van der Waals surface area contributed by atoms with E-state index in [0.717, 1.165) is 0 Å². The maximum absolute atomic E-state index is 11.8. The van der Waals surface area contributed by atoms with Crippen LogP contribution in [0.25, 0.3) is 0 Å². The number of carbonyl (C=O) groups excluding carboxylic acids is 1. The minimum atomic E-state index is -0.910. The van der Waals surface area contributed by atoms with E-state index in [1.165, 1.54) is 10.6 Å². The van der Waals surface area contributed by atoms with Crippen molar-refractivity contribution in [1.29, 1.82) is 0 Å². The first-order chi connectivity index (χ1) is 8.41. The van der Waals surface area contributed by atoms with Gasteiger partial charge in [0.2, 0.25) is 0 Å². The number of carboxylic acid groups (broad SMARTS) is 1. The number of pyridine rings is 1.